The largest absolute Gasteiger partial charge is 0.383 e. The van der Waals surface area contributed by atoms with Crippen molar-refractivity contribution in [2.24, 2.45) is 0 Å². The second-order valence-electron chi connectivity index (χ2n) is 2.10. The summed E-state index contributed by atoms with van der Waals surface area (Å²) in [5, 5.41) is 0. The summed E-state index contributed by atoms with van der Waals surface area (Å²) in [4.78, 5) is 0. The van der Waals surface area contributed by atoms with E-state index in [4.69, 9.17) is 9.47 Å². The molecule has 0 N–H and O–H groups in total. The van der Waals surface area contributed by atoms with Crippen LogP contribution in [0.15, 0.2) is 0 Å². The Hall–Kier alpha value is 0.230. The first-order valence-electron chi connectivity index (χ1n) is 4.62. The highest BCUT2D eigenvalue weighted by Gasteiger charge is 2.00. The van der Waals surface area contributed by atoms with Gasteiger partial charge in [-0.05, 0) is 6.26 Å². The van der Waals surface area contributed by atoms with Gasteiger partial charge >= 0.3 is 0 Å². The Morgan fingerprint density at radius 3 is 1.62 bits per heavy atom. The summed E-state index contributed by atoms with van der Waals surface area (Å²) in [5.74, 6) is 0. The van der Waals surface area contributed by atoms with Crippen molar-refractivity contribution in [2.45, 2.75) is 13.8 Å². The van der Waals surface area contributed by atoms with Gasteiger partial charge < -0.3 is 9.47 Å². The Labute approximate surface area is 86.9 Å². The fraction of sp³-hybridized carbons (Fsp3) is 1.00. The number of nitrogens with zero attached hydrogens (tertiary/aromatic N) is 1. The molecule has 82 valence electrons. The third kappa shape index (κ3) is 12.2. The van der Waals surface area contributed by atoms with Crippen LogP contribution in [0.2, 0.25) is 0 Å². The van der Waals surface area contributed by atoms with Crippen molar-refractivity contribution in [1.82, 2.24) is 4.31 Å². The van der Waals surface area contributed by atoms with E-state index in [1.807, 2.05) is 13.8 Å². The first kappa shape index (κ1) is 15.7. The SMILES string of the molecule is CC.COCCN(CCOC)SC. The van der Waals surface area contributed by atoms with Crippen molar-refractivity contribution in [3.05, 3.63) is 0 Å². The highest BCUT2D eigenvalue weighted by Crippen LogP contribution is 2.02. The molecule has 0 saturated heterocycles. The second kappa shape index (κ2) is 14.7. The Morgan fingerprint density at radius 1 is 1.00 bits per heavy atom. The molecule has 13 heavy (non-hydrogen) atoms. The van der Waals surface area contributed by atoms with Crippen LogP contribution in [0.1, 0.15) is 13.8 Å². The zero-order chi connectivity index (χ0) is 10.5. The highest BCUT2D eigenvalue weighted by atomic mass is 32.2. The molecule has 0 atom stereocenters. The first-order valence-corrected chi connectivity index (χ1v) is 5.80. The predicted molar refractivity (Wildman–Crippen MR) is 60.2 cm³/mol. The van der Waals surface area contributed by atoms with Crippen molar-refractivity contribution < 1.29 is 9.47 Å². The van der Waals surface area contributed by atoms with E-state index in [1.54, 1.807) is 26.2 Å². The Kier molecular flexibility index (Phi) is 17.8. The summed E-state index contributed by atoms with van der Waals surface area (Å²) in [6.07, 6.45) is 2.06. The molecule has 0 rings (SSSR count). The summed E-state index contributed by atoms with van der Waals surface area (Å²) < 4.78 is 12.1. The first-order chi connectivity index (χ1) is 6.35. The number of rotatable bonds is 7. The maximum absolute atomic E-state index is 4.96. The van der Waals surface area contributed by atoms with E-state index >= 15 is 0 Å². The van der Waals surface area contributed by atoms with Gasteiger partial charge in [0, 0.05) is 27.3 Å². The Morgan fingerprint density at radius 2 is 1.38 bits per heavy atom. The second-order valence-corrected chi connectivity index (χ2v) is 2.98. The van der Waals surface area contributed by atoms with Gasteiger partial charge in [-0.2, -0.15) is 0 Å². The van der Waals surface area contributed by atoms with E-state index in [0.29, 0.717) is 0 Å². The van der Waals surface area contributed by atoms with Crippen LogP contribution in [0.5, 0.6) is 0 Å². The van der Waals surface area contributed by atoms with Gasteiger partial charge in [-0.1, -0.05) is 25.8 Å². The summed E-state index contributed by atoms with van der Waals surface area (Å²) in [6, 6.07) is 0. The average Bonchev–Trinajstić information content (AvgIpc) is 2.21. The quantitative estimate of drug-likeness (QED) is 0.597. The molecule has 0 fully saturated rings. The minimum atomic E-state index is 0.782. The molecule has 0 radical (unpaired) electrons. The van der Waals surface area contributed by atoms with Crippen molar-refractivity contribution in [3.8, 4) is 0 Å². The molecule has 0 spiro atoms. The van der Waals surface area contributed by atoms with Crippen LogP contribution in [-0.4, -0.2) is 51.1 Å². The molecular weight excluding hydrogens is 186 g/mol. The molecule has 0 heterocycles. The number of hydrogen-bond acceptors (Lipinski definition) is 4. The number of methoxy groups -OCH3 is 2. The monoisotopic (exact) mass is 209 g/mol. The third-order valence-corrected chi connectivity index (χ3v) is 2.23. The maximum Gasteiger partial charge on any atom is 0.0599 e. The van der Waals surface area contributed by atoms with Crippen LogP contribution < -0.4 is 0 Å². The lowest BCUT2D eigenvalue weighted by molar-refractivity contribution is 0.155. The molecule has 0 aromatic rings. The molecule has 0 aromatic heterocycles. The molecule has 0 amide bonds. The molecule has 0 saturated carbocycles. The maximum atomic E-state index is 4.96. The standard InChI is InChI=1S/C7H17NO2S.C2H6/c1-9-6-4-8(11-3)5-7-10-2;1-2/h4-7H2,1-3H3;1-2H3. The molecule has 4 heteroatoms. The fourth-order valence-corrected chi connectivity index (χ4v) is 1.19. The van der Waals surface area contributed by atoms with Crippen LogP contribution in [0.25, 0.3) is 0 Å². The van der Waals surface area contributed by atoms with Crippen LogP contribution in [-0.2, 0) is 9.47 Å². The molecule has 0 aromatic carbocycles. The fourth-order valence-electron chi connectivity index (χ4n) is 0.681. The Balaban J connectivity index is 0. The van der Waals surface area contributed by atoms with Crippen LogP contribution >= 0.6 is 11.9 Å². The van der Waals surface area contributed by atoms with Gasteiger partial charge in [0.1, 0.15) is 0 Å². The highest BCUT2D eigenvalue weighted by molar-refractivity contribution is 7.96. The van der Waals surface area contributed by atoms with E-state index in [9.17, 15) is 0 Å². The summed E-state index contributed by atoms with van der Waals surface area (Å²) >= 11 is 1.72. The van der Waals surface area contributed by atoms with Crippen LogP contribution in [0, 0.1) is 0 Å². The van der Waals surface area contributed by atoms with Gasteiger partial charge in [0.25, 0.3) is 0 Å². The topological polar surface area (TPSA) is 21.7 Å². The van der Waals surface area contributed by atoms with E-state index in [2.05, 4.69) is 10.6 Å². The minimum absolute atomic E-state index is 0.782. The van der Waals surface area contributed by atoms with Crippen molar-refractivity contribution >= 4 is 11.9 Å². The average molecular weight is 209 g/mol. The van der Waals surface area contributed by atoms with Gasteiger partial charge in [0.15, 0.2) is 0 Å². The molecular formula is C9H23NO2S. The van der Waals surface area contributed by atoms with Crippen LogP contribution in [0.3, 0.4) is 0 Å². The van der Waals surface area contributed by atoms with Crippen molar-refractivity contribution in [2.75, 3.05) is 46.8 Å². The van der Waals surface area contributed by atoms with Gasteiger partial charge in [0.05, 0.1) is 13.2 Å². The normalized spacial score (nSPS) is 9.69. The van der Waals surface area contributed by atoms with E-state index in [1.165, 1.54) is 0 Å². The minimum Gasteiger partial charge on any atom is -0.383 e. The Bertz CT molecular complexity index is 76.0. The summed E-state index contributed by atoms with van der Waals surface area (Å²) in [6.45, 7) is 7.48. The molecule has 0 unspecified atom stereocenters. The molecule has 0 aliphatic carbocycles. The lowest BCUT2D eigenvalue weighted by Crippen LogP contribution is -2.23. The van der Waals surface area contributed by atoms with Gasteiger partial charge in [-0.15, -0.1) is 0 Å². The summed E-state index contributed by atoms with van der Waals surface area (Å²) in [7, 11) is 3.43. The smallest absolute Gasteiger partial charge is 0.0599 e. The number of hydrogen-bond donors (Lipinski definition) is 0. The van der Waals surface area contributed by atoms with Gasteiger partial charge in [0.2, 0.25) is 0 Å². The van der Waals surface area contributed by atoms with E-state index < -0.39 is 0 Å². The molecule has 0 aliphatic heterocycles. The molecule has 3 nitrogen and oxygen atoms in total. The summed E-state index contributed by atoms with van der Waals surface area (Å²) in [5.41, 5.74) is 0. The van der Waals surface area contributed by atoms with Crippen molar-refractivity contribution in [1.29, 1.82) is 0 Å². The zero-order valence-corrected chi connectivity index (χ0v) is 10.3. The van der Waals surface area contributed by atoms with E-state index in [-0.39, 0.29) is 0 Å². The van der Waals surface area contributed by atoms with Gasteiger partial charge in [-0.3, -0.25) is 0 Å². The van der Waals surface area contributed by atoms with Crippen LogP contribution in [0.4, 0.5) is 0 Å². The molecule has 0 bridgehead atoms. The lowest BCUT2D eigenvalue weighted by Gasteiger charge is -2.17. The number of ether oxygens (including phenoxy) is 2. The molecule has 0 aliphatic rings. The van der Waals surface area contributed by atoms with Gasteiger partial charge in [-0.25, -0.2) is 4.31 Å². The van der Waals surface area contributed by atoms with Crippen molar-refractivity contribution in [3.63, 3.8) is 0 Å². The zero-order valence-electron chi connectivity index (χ0n) is 9.50. The third-order valence-electron chi connectivity index (χ3n) is 1.35. The van der Waals surface area contributed by atoms with E-state index in [0.717, 1.165) is 26.3 Å². The lowest BCUT2D eigenvalue weighted by atomic mass is 10.6. The predicted octanol–water partition coefficient (Wildman–Crippen LogP) is 1.89.